The van der Waals surface area contributed by atoms with Crippen molar-refractivity contribution in [2.75, 3.05) is 11.9 Å². The van der Waals surface area contributed by atoms with E-state index in [4.69, 9.17) is 0 Å². The highest BCUT2D eigenvalue weighted by atomic mass is 19.1. The molecule has 0 bridgehead atoms. The number of aliphatic hydroxyl groups is 1. The van der Waals surface area contributed by atoms with Crippen molar-refractivity contribution in [1.29, 1.82) is 0 Å². The number of pyridine rings is 2. The van der Waals surface area contributed by atoms with Gasteiger partial charge in [-0.25, -0.2) is 18.7 Å². The van der Waals surface area contributed by atoms with Gasteiger partial charge in [0.1, 0.15) is 11.5 Å². The van der Waals surface area contributed by atoms with Crippen molar-refractivity contribution in [2.24, 2.45) is 0 Å². The maximum Gasteiger partial charge on any atom is 0.251 e. The molecule has 162 valence electrons. The van der Waals surface area contributed by atoms with E-state index < -0.39 is 29.8 Å². The number of halogens is 2. The van der Waals surface area contributed by atoms with Gasteiger partial charge in [-0.3, -0.25) is 9.78 Å². The van der Waals surface area contributed by atoms with Crippen LogP contribution >= 0.6 is 0 Å². The first-order valence-corrected chi connectivity index (χ1v) is 9.75. The summed E-state index contributed by atoms with van der Waals surface area (Å²) in [5, 5.41) is 12.8. The lowest BCUT2D eigenvalue weighted by Crippen LogP contribution is -2.27. The second kappa shape index (κ2) is 9.03. The molecule has 3 heterocycles. The van der Waals surface area contributed by atoms with Crippen molar-refractivity contribution in [3.05, 3.63) is 100 Å². The number of aromatic nitrogens is 4. The number of rotatable bonds is 6. The van der Waals surface area contributed by atoms with Crippen LogP contribution in [0.1, 0.15) is 17.2 Å². The van der Waals surface area contributed by atoms with Gasteiger partial charge < -0.3 is 15.0 Å². The minimum absolute atomic E-state index is 0.0511. The molecule has 1 aromatic carbocycles. The second-order valence-corrected chi connectivity index (χ2v) is 7.12. The summed E-state index contributed by atoms with van der Waals surface area (Å²) in [6, 6.07) is 9.34. The van der Waals surface area contributed by atoms with Gasteiger partial charge in [-0.2, -0.15) is 0 Å². The number of hydrogen-bond donors (Lipinski definition) is 2. The molecular formula is C23H19F2N5O2. The van der Waals surface area contributed by atoms with Crippen LogP contribution in [0.25, 0.3) is 11.3 Å². The summed E-state index contributed by atoms with van der Waals surface area (Å²) < 4.78 is 29.3. The van der Waals surface area contributed by atoms with Crippen LogP contribution in [0.4, 0.5) is 20.4 Å². The van der Waals surface area contributed by atoms with Crippen molar-refractivity contribution < 1.29 is 13.9 Å². The van der Waals surface area contributed by atoms with Crippen molar-refractivity contribution in [3.8, 4) is 11.3 Å². The molecule has 32 heavy (non-hydrogen) atoms. The highest BCUT2D eigenvalue weighted by molar-refractivity contribution is 5.63. The van der Waals surface area contributed by atoms with E-state index in [9.17, 15) is 18.7 Å². The Kier molecular flexibility index (Phi) is 6.00. The van der Waals surface area contributed by atoms with Crippen LogP contribution < -0.4 is 10.9 Å². The van der Waals surface area contributed by atoms with Gasteiger partial charge in [0.15, 0.2) is 5.82 Å². The normalized spacial score (nSPS) is 11.9. The molecule has 0 aliphatic heterocycles. The first-order chi connectivity index (χ1) is 15.5. The van der Waals surface area contributed by atoms with Crippen LogP contribution in [0.15, 0.2) is 72.0 Å². The Hall–Kier alpha value is -3.98. The highest BCUT2D eigenvalue weighted by Gasteiger charge is 2.17. The Morgan fingerprint density at radius 3 is 2.72 bits per heavy atom. The SMILES string of the molecule is Cc1cnccc1Nc1ncc(F)c(-c2ccn([C@H](CO)c3cccc(F)c3)c(=O)c2)n1. The van der Waals surface area contributed by atoms with Crippen molar-refractivity contribution in [3.63, 3.8) is 0 Å². The van der Waals surface area contributed by atoms with E-state index in [1.54, 1.807) is 24.5 Å². The maximum atomic E-state index is 14.5. The maximum absolute atomic E-state index is 14.5. The minimum atomic E-state index is -0.783. The van der Waals surface area contributed by atoms with Crippen LogP contribution in [-0.2, 0) is 0 Å². The standard InChI is InChI=1S/C23H19F2N5O2/c1-14-11-26-7-5-19(14)28-23-27-12-18(25)22(29-23)16-6-8-30(21(32)10-16)20(13-31)15-3-2-4-17(24)9-15/h2-12,20,31H,13H2,1H3,(H,26,27,28,29)/t20-/m1/s1. The zero-order valence-corrected chi connectivity index (χ0v) is 17.0. The fourth-order valence-electron chi connectivity index (χ4n) is 3.33. The van der Waals surface area contributed by atoms with Crippen molar-refractivity contribution in [2.45, 2.75) is 13.0 Å². The average molecular weight is 435 g/mol. The van der Waals surface area contributed by atoms with E-state index in [-0.39, 0.29) is 17.2 Å². The summed E-state index contributed by atoms with van der Waals surface area (Å²) >= 11 is 0. The molecule has 4 rings (SSSR count). The van der Waals surface area contributed by atoms with E-state index >= 15 is 0 Å². The summed E-state index contributed by atoms with van der Waals surface area (Å²) in [5.74, 6) is -1.01. The molecule has 9 heteroatoms. The molecule has 0 fully saturated rings. The third kappa shape index (κ3) is 4.37. The molecule has 3 aromatic heterocycles. The summed E-state index contributed by atoms with van der Waals surface area (Å²) in [5.41, 5.74) is 1.71. The van der Waals surface area contributed by atoms with Crippen molar-refractivity contribution in [1.82, 2.24) is 19.5 Å². The van der Waals surface area contributed by atoms with Crippen LogP contribution in [-0.4, -0.2) is 31.2 Å². The number of anilines is 2. The molecule has 0 aliphatic rings. The summed E-state index contributed by atoms with van der Waals surface area (Å²) in [7, 11) is 0. The smallest absolute Gasteiger partial charge is 0.251 e. The number of hydrogen-bond acceptors (Lipinski definition) is 6. The number of aliphatic hydroxyl groups excluding tert-OH is 1. The van der Waals surface area contributed by atoms with E-state index in [2.05, 4.69) is 20.3 Å². The second-order valence-electron chi connectivity index (χ2n) is 7.12. The molecule has 0 saturated heterocycles. The van der Waals surface area contributed by atoms with Gasteiger partial charge in [0.2, 0.25) is 5.95 Å². The predicted octanol–water partition coefficient (Wildman–Crippen LogP) is 3.61. The summed E-state index contributed by atoms with van der Waals surface area (Å²) in [6.07, 6.45) is 5.72. The Balaban J connectivity index is 1.68. The van der Waals surface area contributed by atoms with Gasteiger partial charge in [-0.15, -0.1) is 0 Å². The first-order valence-electron chi connectivity index (χ1n) is 9.75. The van der Waals surface area contributed by atoms with Crippen molar-refractivity contribution >= 4 is 11.6 Å². The Labute approximate surface area is 182 Å². The highest BCUT2D eigenvalue weighted by Crippen LogP contribution is 2.24. The molecule has 0 radical (unpaired) electrons. The van der Waals surface area contributed by atoms with Gasteiger partial charge >= 0.3 is 0 Å². The topological polar surface area (TPSA) is 92.9 Å². The molecule has 2 N–H and O–H groups in total. The lowest BCUT2D eigenvalue weighted by atomic mass is 10.1. The van der Waals surface area contributed by atoms with E-state index in [1.807, 2.05) is 6.92 Å². The number of aryl methyl sites for hydroxylation is 1. The van der Waals surface area contributed by atoms with Crippen LogP contribution in [0, 0.1) is 18.6 Å². The van der Waals surface area contributed by atoms with Gasteiger partial charge in [0.05, 0.1) is 18.8 Å². The third-order valence-electron chi connectivity index (χ3n) is 4.97. The molecule has 1 atom stereocenters. The molecule has 4 aromatic rings. The fourth-order valence-corrected chi connectivity index (χ4v) is 3.33. The van der Waals surface area contributed by atoms with Crippen LogP contribution in [0.5, 0.6) is 0 Å². The third-order valence-corrected chi connectivity index (χ3v) is 4.97. The molecular weight excluding hydrogens is 416 g/mol. The quantitative estimate of drug-likeness (QED) is 0.481. The molecule has 7 nitrogen and oxygen atoms in total. The average Bonchev–Trinajstić information content (AvgIpc) is 2.78. The van der Waals surface area contributed by atoms with E-state index in [1.165, 1.54) is 41.1 Å². The largest absolute Gasteiger partial charge is 0.394 e. The van der Waals surface area contributed by atoms with E-state index in [0.29, 0.717) is 11.3 Å². The lowest BCUT2D eigenvalue weighted by Gasteiger charge is -2.18. The Morgan fingerprint density at radius 2 is 2.00 bits per heavy atom. The molecule has 0 amide bonds. The molecule has 0 saturated carbocycles. The minimum Gasteiger partial charge on any atom is -0.394 e. The first kappa shape index (κ1) is 21.3. The number of nitrogens with zero attached hydrogens (tertiary/aromatic N) is 4. The summed E-state index contributed by atoms with van der Waals surface area (Å²) in [4.78, 5) is 25.0. The fraction of sp³-hybridized carbons (Fsp3) is 0.130. The molecule has 0 aliphatic carbocycles. The van der Waals surface area contributed by atoms with Gasteiger partial charge in [-0.1, -0.05) is 12.1 Å². The van der Waals surface area contributed by atoms with Crippen LogP contribution in [0.3, 0.4) is 0 Å². The summed E-state index contributed by atoms with van der Waals surface area (Å²) in [6.45, 7) is 1.44. The van der Waals surface area contributed by atoms with Gasteiger partial charge in [0, 0.05) is 35.9 Å². The number of nitrogens with one attached hydrogen (secondary N) is 1. The zero-order chi connectivity index (χ0) is 22.7. The monoisotopic (exact) mass is 435 g/mol. The van der Waals surface area contributed by atoms with E-state index in [0.717, 1.165) is 11.8 Å². The number of benzene rings is 1. The predicted molar refractivity (Wildman–Crippen MR) is 116 cm³/mol. The lowest BCUT2D eigenvalue weighted by molar-refractivity contribution is 0.247. The van der Waals surface area contributed by atoms with Crippen LogP contribution in [0.2, 0.25) is 0 Å². The molecule has 0 spiro atoms. The molecule has 0 unspecified atom stereocenters. The van der Waals surface area contributed by atoms with Gasteiger partial charge in [0.25, 0.3) is 5.56 Å². The zero-order valence-electron chi connectivity index (χ0n) is 17.0. The Bertz CT molecular complexity index is 1330. The van der Waals surface area contributed by atoms with Gasteiger partial charge in [-0.05, 0) is 42.3 Å². The Morgan fingerprint density at radius 1 is 1.16 bits per heavy atom.